The number of nitriles is 1. The molecule has 27 heavy (non-hydrogen) atoms. The lowest BCUT2D eigenvalue weighted by atomic mass is 10.2. The van der Waals surface area contributed by atoms with Gasteiger partial charge in [0.05, 0.1) is 6.61 Å². The van der Waals surface area contributed by atoms with Gasteiger partial charge >= 0.3 is 5.97 Å². The van der Waals surface area contributed by atoms with E-state index in [1.807, 2.05) is 6.07 Å². The van der Waals surface area contributed by atoms with Crippen LogP contribution in [0.5, 0.6) is 0 Å². The molecule has 9 heteroatoms. The molecule has 0 radical (unpaired) electrons. The van der Waals surface area contributed by atoms with E-state index in [9.17, 15) is 19.6 Å². The number of thiazole rings is 1. The fourth-order valence-corrected chi connectivity index (χ4v) is 3.33. The maximum atomic E-state index is 12.6. The number of rotatable bonds is 6. The number of primary amides is 1. The van der Waals surface area contributed by atoms with Gasteiger partial charge in [0.1, 0.15) is 15.3 Å². The monoisotopic (exact) mass is 386 g/mol. The fourth-order valence-electron chi connectivity index (χ4n) is 2.26. The molecule has 0 aliphatic carbocycles. The molecular formula is C18H18N4O4S. The molecule has 0 saturated heterocycles. The Morgan fingerprint density at radius 1 is 1.33 bits per heavy atom. The zero-order valence-corrected chi connectivity index (χ0v) is 15.6. The predicted octanol–water partition coefficient (Wildman–Crippen LogP) is 0.116. The summed E-state index contributed by atoms with van der Waals surface area (Å²) in [6, 6.07) is 8.24. The number of hydrogen-bond donors (Lipinski definition) is 2. The first-order valence-electron chi connectivity index (χ1n) is 8.10. The highest BCUT2D eigenvalue weighted by atomic mass is 32.1. The van der Waals surface area contributed by atoms with Crippen LogP contribution < -0.4 is 25.8 Å². The number of amides is 1. The van der Waals surface area contributed by atoms with Crippen molar-refractivity contribution in [2.45, 2.75) is 20.4 Å². The van der Waals surface area contributed by atoms with Crippen LogP contribution >= 0.6 is 11.3 Å². The molecule has 1 heterocycles. The van der Waals surface area contributed by atoms with E-state index in [1.165, 1.54) is 10.8 Å². The van der Waals surface area contributed by atoms with Crippen LogP contribution in [0.25, 0.3) is 11.8 Å². The molecule has 0 unspecified atom stereocenters. The molecule has 3 N–H and O–H groups in total. The molecule has 1 amide bonds. The first-order chi connectivity index (χ1) is 12.9. The summed E-state index contributed by atoms with van der Waals surface area (Å²) < 4.78 is 6.81. The summed E-state index contributed by atoms with van der Waals surface area (Å²) in [4.78, 5) is 35.6. The molecule has 0 saturated carbocycles. The number of esters is 1. The van der Waals surface area contributed by atoms with E-state index in [-0.39, 0.29) is 22.4 Å². The zero-order valence-electron chi connectivity index (χ0n) is 14.8. The molecule has 0 fully saturated rings. The molecule has 1 aromatic carbocycles. The third kappa shape index (κ3) is 4.43. The number of nitrogens with two attached hydrogens (primary N) is 1. The summed E-state index contributed by atoms with van der Waals surface area (Å²) in [5.41, 5.74) is 5.68. The Morgan fingerprint density at radius 3 is 2.52 bits per heavy atom. The van der Waals surface area contributed by atoms with Gasteiger partial charge in [0.2, 0.25) is 5.91 Å². The van der Waals surface area contributed by atoms with Gasteiger partial charge in [0.25, 0.3) is 5.56 Å². The first kappa shape index (κ1) is 19.9. The Balaban J connectivity index is 2.50. The van der Waals surface area contributed by atoms with E-state index < -0.39 is 11.9 Å². The summed E-state index contributed by atoms with van der Waals surface area (Å²) in [5.74, 6) is -1.29. The van der Waals surface area contributed by atoms with Crippen molar-refractivity contribution >= 4 is 40.7 Å². The van der Waals surface area contributed by atoms with Crippen LogP contribution in [-0.4, -0.2) is 23.1 Å². The minimum absolute atomic E-state index is 0.133. The lowest BCUT2D eigenvalue weighted by Gasteiger charge is -2.00. The van der Waals surface area contributed by atoms with Crippen LogP contribution in [0.3, 0.4) is 0 Å². The van der Waals surface area contributed by atoms with E-state index in [4.69, 9.17) is 10.5 Å². The van der Waals surface area contributed by atoms with Crippen molar-refractivity contribution in [2.75, 3.05) is 11.9 Å². The second-order valence-corrected chi connectivity index (χ2v) is 6.29. The smallest absolute Gasteiger partial charge is 0.351 e. The van der Waals surface area contributed by atoms with Gasteiger partial charge in [-0.25, -0.2) is 4.79 Å². The number of carbonyl (C=O) groups excluding carboxylic acids is 2. The third-order valence-electron chi connectivity index (χ3n) is 3.57. The second-order valence-electron chi connectivity index (χ2n) is 5.26. The summed E-state index contributed by atoms with van der Waals surface area (Å²) in [6.45, 7) is 3.82. The third-order valence-corrected chi connectivity index (χ3v) is 4.70. The SMILES string of the molecule is CCOC(=O)/C(C#N)=c1\s/c(=C\Nc2ccc(C(N)=O)cc2)c(=O)n1CC. The Morgan fingerprint density at radius 2 is 2.00 bits per heavy atom. The van der Waals surface area contributed by atoms with Crippen molar-refractivity contribution in [2.24, 2.45) is 5.73 Å². The molecule has 0 aliphatic rings. The predicted molar refractivity (Wildman–Crippen MR) is 102 cm³/mol. The highest BCUT2D eigenvalue weighted by Gasteiger charge is 2.16. The molecule has 8 nitrogen and oxygen atoms in total. The van der Waals surface area contributed by atoms with Crippen LogP contribution in [0, 0.1) is 11.3 Å². The average molecular weight is 386 g/mol. The van der Waals surface area contributed by atoms with Crippen molar-refractivity contribution in [1.82, 2.24) is 4.57 Å². The standard InChI is InChI=1S/C18H18N4O4S/c1-3-22-16(24)14(27-17(22)13(9-19)18(25)26-4-2)10-21-12-7-5-11(6-8-12)15(20)23/h5-8,10,21H,3-4H2,1-2H3,(H2,20,23)/b14-10-,17-13-. The molecule has 1 aromatic heterocycles. The maximum Gasteiger partial charge on any atom is 0.351 e. The molecule has 0 aliphatic heterocycles. The van der Waals surface area contributed by atoms with Crippen molar-refractivity contribution in [3.63, 3.8) is 0 Å². The van der Waals surface area contributed by atoms with Crippen LogP contribution in [0.4, 0.5) is 5.69 Å². The topological polar surface area (TPSA) is 127 Å². The summed E-state index contributed by atoms with van der Waals surface area (Å²) in [5, 5.41) is 12.3. The molecule has 2 aromatic rings. The van der Waals surface area contributed by atoms with E-state index in [1.54, 1.807) is 38.1 Å². The molecule has 0 bridgehead atoms. The van der Waals surface area contributed by atoms with Gasteiger partial charge < -0.3 is 15.8 Å². The molecule has 2 rings (SSSR count). The van der Waals surface area contributed by atoms with Gasteiger partial charge in [-0.2, -0.15) is 5.26 Å². The Kier molecular flexibility index (Phi) is 6.51. The van der Waals surface area contributed by atoms with Gasteiger partial charge in [0, 0.05) is 24.0 Å². The maximum absolute atomic E-state index is 12.6. The van der Waals surface area contributed by atoms with Crippen LogP contribution in [0.2, 0.25) is 0 Å². The van der Waals surface area contributed by atoms with Gasteiger partial charge in [-0.3, -0.25) is 14.2 Å². The number of anilines is 1. The van der Waals surface area contributed by atoms with Crippen molar-refractivity contribution in [1.29, 1.82) is 5.26 Å². The number of carbonyl (C=O) groups is 2. The number of nitrogens with one attached hydrogen (secondary N) is 1. The minimum atomic E-state index is -0.759. The summed E-state index contributed by atoms with van der Waals surface area (Å²) in [7, 11) is 0. The van der Waals surface area contributed by atoms with Crippen LogP contribution in [0.1, 0.15) is 24.2 Å². The van der Waals surface area contributed by atoms with E-state index >= 15 is 0 Å². The van der Waals surface area contributed by atoms with E-state index in [2.05, 4.69) is 5.32 Å². The normalized spacial score (nSPS) is 12.3. The minimum Gasteiger partial charge on any atom is -0.462 e. The Bertz CT molecular complexity index is 1070. The number of nitrogens with zero attached hydrogens (tertiary/aromatic N) is 2. The summed E-state index contributed by atoms with van der Waals surface area (Å²) in [6.07, 6.45) is 1.49. The Hall–Kier alpha value is -3.38. The zero-order chi connectivity index (χ0) is 20.0. The first-order valence-corrected chi connectivity index (χ1v) is 8.92. The van der Waals surface area contributed by atoms with Gasteiger partial charge in [-0.15, -0.1) is 11.3 Å². The highest BCUT2D eigenvalue weighted by Crippen LogP contribution is 2.08. The van der Waals surface area contributed by atoms with Crippen molar-refractivity contribution < 1.29 is 14.3 Å². The average Bonchev–Trinajstić information content (AvgIpc) is 2.96. The molecule has 0 spiro atoms. The quantitative estimate of drug-likeness (QED) is 0.679. The van der Waals surface area contributed by atoms with E-state index in [0.717, 1.165) is 11.3 Å². The number of ether oxygens (including phenoxy) is 1. The Labute approximate surface area is 158 Å². The summed E-state index contributed by atoms with van der Waals surface area (Å²) >= 11 is 1.02. The molecule has 0 atom stereocenters. The lowest BCUT2D eigenvalue weighted by Crippen LogP contribution is -2.32. The lowest BCUT2D eigenvalue weighted by molar-refractivity contribution is -0.136. The molecular weight excluding hydrogens is 368 g/mol. The highest BCUT2D eigenvalue weighted by molar-refractivity contribution is 7.07. The fraction of sp³-hybridized carbons (Fsp3) is 0.222. The van der Waals surface area contributed by atoms with Crippen LogP contribution in [-0.2, 0) is 16.1 Å². The number of aromatic nitrogens is 1. The van der Waals surface area contributed by atoms with Crippen molar-refractivity contribution in [3.05, 3.63) is 49.4 Å². The second kappa shape index (κ2) is 8.82. The molecule has 140 valence electrons. The largest absolute Gasteiger partial charge is 0.462 e. The number of hydrogen-bond acceptors (Lipinski definition) is 7. The number of benzene rings is 1. The van der Waals surface area contributed by atoms with E-state index in [0.29, 0.717) is 22.3 Å². The van der Waals surface area contributed by atoms with Crippen LogP contribution in [0.15, 0.2) is 29.1 Å². The van der Waals surface area contributed by atoms with Gasteiger partial charge in [-0.1, -0.05) is 0 Å². The van der Waals surface area contributed by atoms with Gasteiger partial charge in [0.15, 0.2) is 5.57 Å². The van der Waals surface area contributed by atoms with Gasteiger partial charge in [-0.05, 0) is 38.1 Å². The van der Waals surface area contributed by atoms with Crippen molar-refractivity contribution in [3.8, 4) is 6.07 Å².